The van der Waals surface area contributed by atoms with E-state index in [1.807, 2.05) is 36.9 Å². The summed E-state index contributed by atoms with van der Waals surface area (Å²) in [6, 6.07) is 10.2. The second-order valence-electron chi connectivity index (χ2n) is 6.76. The Balaban J connectivity index is 1.60. The summed E-state index contributed by atoms with van der Waals surface area (Å²) < 4.78 is 0. The maximum absolute atomic E-state index is 12.6. The SMILES string of the molecule is CC1(C)C(C(=O)O)C1C(=O)N1CCN(c2ccccc2)CC1. The number of rotatable bonds is 3. The highest BCUT2D eigenvalue weighted by Crippen LogP contribution is 2.59. The van der Waals surface area contributed by atoms with Gasteiger partial charge in [-0.3, -0.25) is 9.59 Å². The second-order valence-corrected chi connectivity index (χ2v) is 6.76. The lowest BCUT2D eigenvalue weighted by molar-refractivity contribution is -0.142. The number of anilines is 1. The molecular formula is C17H22N2O3. The van der Waals surface area contributed by atoms with Crippen molar-refractivity contribution in [1.82, 2.24) is 4.90 Å². The van der Waals surface area contributed by atoms with E-state index in [1.54, 1.807) is 0 Å². The fraction of sp³-hybridized carbons (Fsp3) is 0.529. The molecule has 0 aromatic heterocycles. The zero-order valence-corrected chi connectivity index (χ0v) is 13.0. The van der Waals surface area contributed by atoms with Crippen LogP contribution in [0.3, 0.4) is 0 Å². The summed E-state index contributed by atoms with van der Waals surface area (Å²) in [5.41, 5.74) is 0.754. The first-order valence-electron chi connectivity index (χ1n) is 7.74. The maximum atomic E-state index is 12.6. The summed E-state index contributed by atoms with van der Waals surface area (Å²) >= 11 is 0. The van der Waals surface area contributed by atoms with Crippen LogP contribution >= 0.6 is 0 Å². The van der Waals surface area contributed by atoms with Gasteiger partial charge in [0, 0.05) is 31.9 Å². The van der Waals surface area contributed by atoms with Gasteiger partial charge in [0.15, 0.2) is 0 Å². The molecule has 22 heavy (non-hydrogen) atoms. The van der Waals surface area contributed by atoms with Gasteiger partial charge in [0.2, 0.25) is 5.91 Å². The summed E-state index contributed by atoms with van der Waals surface area (Å²) in [7, 11) is 0. The zero-order valence-electron chi connectivity index (χ0n) is 13.0. The summed E-state index contributed by atoms with van der Waals surface area (Å²) in [4.78, 5) is 27.9. The lowest BCUT2D eigenvalue weighted by Gasteiger charge is -2.36. The van der Waals surface area contributed by atoms with Crippen LogP contribution < -0.4 is 4.90 Å². The lowest BCUT2D eigenvalue weighted by Crippen LogP contribution is -2.49. The minimum absolute atomic E-state index is 0.00473. The molecule has 118 valence electrons. The van der Waals surface area contributed by atoms with E-state index >= 15 is 0 Å². The molecule has 5 nitrogen and oxygen atoms in total. The van der Waals surface area contributed by atoms with E-state index in [1.165, 1.54) is 5.69 Å². The molecule has 1 saturated carbocycles. The molecule has 1 aliphatic carbocycles. The van der Waals surface area contributed by atoms with Gasteiger partial charge in [-0.25, -0.2) is 0 Å². The third kappa shape index (κ3) is 2.45. The smallest absolute Gasteiger partial charge is 0.307 e. The fourth-order valence-corrected chi connectivity index (χ4v) is 3.58. The highest BCUT2D eigenvalue weighted by molar-refractivity contribution is 5.91. The molecule has 0 radical (unpaired) electrons. The topological polar surface area (TPSA) is 60.9 Å². The minimum atomic E-state index is -0.855. The predicted octanol–water partition coefficient (Wildman–Crippen LogP) is 1.69. The molecule has 2 unspecified atom stereocenters. The van der Waals surface area contributed by atoms with Gasteiger partial charge in [0.05, 0.1) is 11.8 Å². The van der Waals surface area contributed by atoms with Crippen LogP contribution in [0, 0.1) is 17.3 Å². The summed E-state index contributed by atoms with van der Waals surface area (Å²) in [5, 5.41) is 9.22. The second kappa shape index (κ2) is 5.30. The van der Waals surface area contributed by atoms with Crippen LogP contribution in [0.1, 0.15) is 13.8 Å². The minimum Gasteiger partial charge on any atom is -0.481 e. The van der Waals surface area contributed by atoms with Crippen LogP contribution in [0.2, 0.25) is 0 Å². The van der Waals surface area contributed by atoms with E-state index < -0.39 is 17.3 Å². The Morgan fingerprint density at radius 2 is 1.64 bits per heavy atom. The van der Waals surface area contributed by atoms with Crippen molar-refractivity contribution >= 4 is 17.6 Å². The van der Waals surface area contributed by atoms with Gasteiger partial charge in [-0.05, 0) is 17.5 Å². The molecule has 1 amide bonds. The molecule has 1 aromatic carbocycles. The highest BCUT2D eigenvalue weighted by atomic mass is 16.4. The summed E-state index contributed by atoms with van der Waals surface area (Å²) in [6.45, 7) is 6.64. The molecule has 1 aromatic rings. The number of amides is 1. The lowest BCUT2D eigenvalue weighted by atomic mass is 10.1. The first-order chi connectivity index (χ1) is 10.4. The molecule has 1 heterocycles. The number of carboxylic acid groups (broad SMARTS) is 1. The standard InChI is InChI=1S/C17H22N2O3/c1-17(2)13(14(17)16(21)22)15(20)19-10-8-18(9-11-19)12-6-4-3-5-7-12/h3-7,13-14H,8-11H2,1-2H3,(H,21,22). The Morgan fingerprint density at radius 3 is 2.14 bits per heavy atom. The number of nitrogens with zero attached hydrogens (tertiary/aromatic N) is 2. The molecule has 1 aliphatic heterocycles. The van der Waals surface area contributed by atoms with Gasteiger partial charge in [0.25, 0.3) is 0 Å². The number of carboxylic acids is 1. The van der Waals surface area contributed by atoms with Crippen molar-refractivity contribution < 1.29 is 14.7 Å². The number of carbonyl (C=O) groups is 2. The van der Waals surface area contributed by atoms with Crippen molar-refractivity contribution in [3.05, 3.63) is 30.3 Å². The summed E-state index contributed by atoms with van der Waals surface area (Å²) in [5.74, 6) is -1.75. The van der Waals surface area contributed by atoms with Crippen LogP contribution in [0.4, 0.5) is 5.69 Å². The molecule has 3 rings (SSSR count). The average Bonchev–Trinajstić information content (AvgIpc) is 3.10. The number of benzene rings is 1. The van der Waals surface area contributed by atoms with Crippen LogP contribution in [-0.4, -0.2) is 48.1 Å². The van der Waals surface area contributed by atoms with Crippen molar-refractivity contribution in [3.63, 3.8) is 0 Å². The third-order valence-electron chi connectivity index (χ3n) is 5.07. The van der Waals surface area contributed by atoms with E-state index in [0.717, 1.165) is 13.1 Å². The molecule has 1 N–H and O–H groups in total. The zero-order chi connectivity index (χ0) is 15.9. The van der Waals surface area contributed by atoms with E-state index in [-0.39, 0.29) is 11.8 Å². The molecule has 2 fully saturated rings. The molecule has 2 atom stereocenters. The fourth-order valence-electron chi connectivity index (χ4n) is 3.58. The van der Waals surface area contributed by atoms with Gasteiger partial charge in [-0.2, -0.15) is 0 Å². The quantitative estimate of drug-likeness (QED) is 0.923. The first-order valence-corrected chi connectivity index (χ1v) is 7.74. The number of hydrogen-bond acceptors (Lipinski definition) is 3. The molecule has 1 saturated heterocycles. The van der Waals surface area contributed by atoms with Crippen LogP contribution in [0.15, 0.2) is 30.3 Å². The van der Waals surface area contributed by atoms with E-state index in [9.17, 15) is 14.7 Å². The van der Waals surface area contributed by atoms with Gasteiger partial charge >= 0.3 is 5.97 Å². The average molecular weight is 302 g/mol. The number of para-hydroxylation sites is 1. The van der Waals surface area contributed by atoms with E-state index in [2.05, 4.69) is 17.0 Å². The van der Waals surface area contributed by atoms with Crippen LogP contribution in [0.5, 0.6) is 0 Å². The van der Waals surface area contributed by atoms with Gasteiger partial charge in [-0.1, -0.05) is 32.0 Å². The van der Waals surface area contributed by atoms with Gasteiger partial charge in [0.1, 0.15) is 0 Å². The van der Waals surface area contributed by atoms with E-state index in [0.29, 0.717) is 13.1 Å². The van der Waals surface area contributed by atoms with Crippen molar-refractivity contribution in [1.29, 1.82) is 0 Å². The normalized spacial score (nSPS) is 26.6. The van der Waals surface area contributed by atoms with E-state index in [4.69, 9.17) is 0 Å². The van der Waals surface area contributed by atoms with Gasteiger partial charge in [-0.15, -0.1) is 0 Å². The van der Waals surface area contributed by atoms with Crippen LogP contribution in [-0.2, 0) is 9.59 Å². The summed E-state index contributed by atoms with van der Waals surface area (Å²) in [6.07, 6.45) is 0. The van der Waals surface area contributed by atoms with Crippen LogP contribution in [0.25, 0.3) is 0 Å². The van der Waals surface area contributed by atoms with Crippen molar-refractivity contribution in [2.45, 2.75) is 13.8 Å². The molecule has 0 spiro atoms. The number of hydrogen-bond donors (Lipinski definition) is 1. The maximum Gasteiger partial charge on any atom is 0.307 e. The predicted molar refractivity (Wildman–Crippen MR) is 83.6 cm³/mol. The molecule has 0 bridgehead atoms. The Morgan fingerprint density at radius 1 is 1.05 bits per heavy atom. The largest absolute Gasteiger partial charge is 0.481 e. The number of carbonyl (C=O) groups excluding carboxylic acids is 1. The highest BCUT2D eigenvalue weighted by Gasteiger charge is 2.66. The Kier molecular flexibility index (Phi) is 3.59. The Labute approximate surface area is 130 Å². The third-order valence-corrected chi connectivity index (χ3v) is 5.07. The Hall–Kier alpha value is -2.04. The monoisotopic (exact) mass is 302 g/mol. The van der Waals surface area contributed by atoms with Crippen molar-refractivity contribution in [3.8, 4) is 0 Å². The molecule has 2 aliphatic rings. The number of aliphatic carboxylic acids is 1. The number of piperazine rings is 1. The van der Waals surface area contributed by atoms with Gasteiger partial charge < -0.3 is 14.9 Å². The first kappa shape index (κ1) is 14.9. The molecular weight excluding hydrogens is 280 g/mol. The Bertz CT molecular complexity index is 577. The van der Waals surface area contributed by atoms with Crippen molar-refractivity contribution in [2.24, 2.45) is 17.3 Å². The van der Waals surface area contributed by atoms with Crippen molar-refractivity contribution in [2.75, 3.05) is 31.1 Å². The molecule has 5 heteroatoms.